The third kappa shape index (κ3) is 4.67. The molecule has 1 atom stereocenters. The van der Waals surface area contributed by atoms with Gasteiger partial charge in [-0.3, -0.25) is 0 Å². The monoisotopic (exact) mass is 290 g/mol. The molecule has 1 aliphatic rings. The van der Waals surface area contributed by atoms with Gasteiger partial charge in [0, 0.05) is 24.5 Å². The summed E-state index contributed by atoms with van der Waals surface area (Å²) < 4.78 is 0. The summed E-state index contributed by atoms with van der Waals surface area (Å²) in [6, 6.07) is 2.11. The van der Waals surface area contributed by atoms with E-state index in [0.717, 1.165) is 49.4 Å². The van der Waals surface area contributed by atoms with Crippen LogP contribution in [0.5, 0.6) is 0 Å². The second kappa shape index (κ2) is 7.74. The number of nitrogens with zero attached hydrogens (tertiary/aromatic N) is 3. The number of hydrogen-bond acceptors (Lipinski definition) is 4. The van der Waals surface area contributed by atoms with Crippen molar-refractivity contribution in [3.05, 3.63) is 17.5 Å². The lowest BCUT2D eigenvalue weighted by molar-refractivity contribution is 0.389. The van der Waals surface area contributed by atoms with Crippen molar-refractivity contribution in [2.45, 2.75) is 52.9 Å². The van der Waals surface area contributed by atoms with E-state index < -0.39 is 0 Å². The first kappa shape index (κ1) is 16.2. The molecule has 118 valence electrons. The molecule has 1 unspecified atom stereocenters. The summed E-state index contributed by atoms with van der Waals surface area (Å²) in [7, 11) is 0. The summed E-state index contributed by atoms with van der Waals surface area (Å²) in [6.07, 6.45) is 3.76. The molecule has 2 heterocycles. The Hall–Kier alpha value is -1.16. The van der Waals surface area contributed by atoms with Crippen LogP contribution < -0.4 is 10.2 Å². The van der Waals surface area contributed by atoms with E-state index in [0.29, 0.717) is 5.92 Å². The van der Waals surface area contributed by atoms with E-state index >= 15 is 0 Å². The minimum Gasteiger partial charge on any atom is -0.340 e. The summed E-state index contributed by atoms with van der Waals surface area (Å²) >= 11 is 0. The molecule has 1 fully saturated rings. The zero-order valence-corrected chi connectivity index (χ0v) is 14.0. The number of hydrogen-bond donors (Lipinski definition) is 1. The number of piperidine rings is 1. The molecule has 0 spiro atoms. The minimum absolute atomic E-state index is 0.456. The van der Waals surface area contributed by atoms with E-state index in [2.05, 4.69) is 49.0 Å². The normalized spacial score (nSPS) is 19.3. The first-order valence-electron chi connectivity index (χ1n) is 8.41. The lowest BCUT2D eigenvalue weighted by Gasteiger charge is -2.33. The predicted octanol–water partition coefficient (Wildman–Crippen LogP) is 3.12. The van der Waals surface area contributed by atoms with E-state index in [1.54, 1.807) is 0 Å². The van der Waals surface area contributed by atoms with Gasteiger partial charge in [0.1, 0.15) is 0 Å². The summed E-state index contributed by atoms with van der Waals surface area (Å²) in [5, 5.41) is 3.55. The van der Waals surface area contributed by atoms with Gasteiger partial charge in [-0.05, 0) is 57.2 Å². The van der Waals surface area contributed by atoms with Crippen molar-refractivity contribution in [2.24, 2.45) is 5.92 Å². The van der Waals surface area contributed by atoms with Gasteiger partial charge < -0.3 is 10.2 Å². The van der Waals surface area contributed by atoms with E-state index in [1.165, 1.54) is 19.3 Å². The van der Waals surface area contributed by atoms with Gasteiger partial charge in [0.25, 0.3) is 0 Å². The van der Waals surface area contributed by atoms with E-state index in [1.807, 2.05) is 0 Å². The fourth-order valence-corrected chi connectivity index (χ4v) is 2.91. The maximum Gasteiger partial charge on any atom is 0.225 e. The third-order valence-electron chi connectivity index (χ3n) is 4.12. The molecule has 4 nitrogen and oxygen atoms in total. The largest absolute Gasteiger partial charge is 0.340 e. The van der Waals surface area contributed by atoms with Gasteiger partial charge >= 0.3 is 0 Å². The van der Waals surface area contributed by atoms with Crippen molar-refractivity contribution >= 4 is 5.95 Å². The Morgan fingerprint density at radius 1 is 1.38 bits per heavy atom. The van der Waals surface area contributed by atoms with Crippen LogP contribution in [0.3, 0.4) is 0 Å². The lowest BCUT2D eigenvalue weighted by Crippen LogP contribution is -2.40. The lowest BCUT2D eigenvalue weighted by atomic mass is 9.98. The fourth-order valence-electron chi connectivity index (χ4n) is 2.91. The van der Waals surface area contributed by atoms with Crippen molar-refractivity contribution in [1.82, 2.24) is 15.3 Å². The Labute approximate surface area is 129 Å². The average molecular weight is 290 g/mol. The first-order valence-corrected chi connectivity index (χ1v) is 8.41. The van der Waals surface area contributed by atoms with Crippen LogP contribution in [-0.4, -0.2) is 36.1 Å². The Morgan fingerprint density at radius 2 is 2.19 bits per heavy atom. The van der Waals surface area contributed by atoms with Crippen molar-refractivity contribution in [3.8, 4) is 0 Å². The summed E-state index contributed by atoms with van der Waals surface area (Å²) in [6.45, 7) is 13.1. The fraction of sp³-hybridized carbons (Fsp3) is 0.765. The molecule has 2 rings (SSSR count). The molecular weight excluding hydrogens is 260 g/mol. The van der Waals surface area contributed by atoms with Crippen molar-refractivity contribution in [1.29, 1.82) is 0 Å². The van der Waals surface area contributed by atoms with Gasteiger partial charge in [-0.1, -0.05) is 20.8 Å². The van der Waals surface area contributed by atoms with Crippen molar-refractivity contribution in [2.75, 3.05) is 31.1 Å². The van der Waals surface area contributed by atoms with Crippen molar-refractivity contribution in [3.63, 3.8) is 0 Å². The van der Waals surface area contributed by atoms with Crippen LogP contribution in [0, 0.1) is 12.8 Å². The van der Waals surface area contributed by atoms with Crippen LogP contribution in [0.4, 0.5) is 5.95 Å². The highest BCUT2D eigenvalue weighted by Gasteiger charge is 2.22. The highest BCUT2D eigenvalue weighted by molar-refractivity contribution is 5.33. The smallest absolute Gasteiger partial charge is 0.225 e. The maximum atomic E-state index is 4.78. The number of anilines is 1. The number of aromatic nitrogens is 2. The van der Waals surface area contributed by atoms with E-state index in [-0.39, 0.29) is 0 Å². The Balaban J connectivity index is 2.03. The zero-order valence-electron chi connectivity index (χ0n) is 14.0. The van der Waals surface area contributed by atoms with Crippen LogP contribution in [0.15, 0.2) is 6.07 Å². The Bertz CT molecular complexity index is 444. The van der Waals surface area contributed by atoms with Crippen LogP contribution in [0.25, 0.3) is 0 Å². The van der Waals surface area contributed by atoms with E-state index in [9.17, 15) is 0 Å². The van der Waals surface area contributed by atoms with Crippen LogP contribution in [0.1, 0.15) is 57.3 Å². The molecule has 1 aromatic rings. The molecule has 21 heavy (non-hydrogen) atoms. The third-order valence-corrected chi connectivity index (χ3v) is 4.12. The van der Waals surface area contributed by atoms with Gasteiger partial charge in [0.2, 0.25) is 5.95 Å². The molecule has 1 saturated heterocycles. The molecule has 1 aliphatic heterocycles. The zero-order chi connectivity index (χ0) is 15.2. The molecule has 0 aliphatic carbocycles. The van der Waals surface area contributed by atoms with Crippen LogP contribution >= 0.6 is 0 Å². The van der Waals surface area contributed by atoms with Gasteiger partial charge in [-0.2, -0.15) is 0 Å². The van der Waals surface area contributed by atoms with Gasteiger partial charge in [0.05, 0.1) is 0 Å². The molecule has 1 N–H and O–H groups in total. The quantitative estimate of drug-likeness (QED) is 0.817. The highest BCUT2D eigenvalue weighted by atomic mass is 15.3. The second-order valence-electron chi connectivity index (χ2n) is 6.55. The SMILES string of the molecule is CCCNCC1CCCN(c2nc(C)cc(C(C)C)n2)C1. The molecule has 0 radical (unpaired) electrons. The predicted molar refractivity (Wildman–Crippen MR) is 89.0 cm³/mol. The Morgan fingerprint density at radius 3 is 2.90 bits per heavy atom. The Kier molecular flexibility index (Phi) is 5.97. The minimum atomic E-state index is 0.456. The standard InChI is InChI=1S/C17H30N4/c1-5-8-18-11-15-7-6-9-21(12-15)17-19-14(4)10-16(20-17)13(2)3/h10,13,15,18H,5-9,11-12H2,1-4H3. The summed E-state index contributed by atoms with van der Waals surface area (Å²) in [5.74, 6) is 2.10. The summed E-state index contributed by atoms with van der Waals surface area (Å²) in [5.41, 5.74) is 2.23. The van der Waals surface area contributed by atoms with Crippen LogP contribution in [-0.2, 0) is 0 Å². The molecule has 0 aromatic carbocycles. The molecule has 0 bridgehead atoms. The van der Waals surface area contributed by atoms with Gasteiger partial charge in [-0.15, -0.1) is 0 Å². The molecule has 4 heteroatoms. The first-order chi connectivity index (χ1) is 10.1. The maximum absolute atomic E-state index is 4.78. The second-order valence-corrected chi connectivity index (χ2v) is 6.55. The highest BCUT2D eigenvalue weighted by Crippen LogP contribution is 2.22. The van der Waals surface area contributed by atoms with Gasteiger partial charge in [-0.25, -0.2) is 9.97 Å². The average Bonchev–Trinajstić information content (AvgIpc) is 2.47. The number of rotatable bonds is 6. The van der Waals surface area contributed by atoms with E-state index in [4.69, 9.17) is 4.98 Å². The summed E-state index contributed by atoms with van der Waals surface area (Å²) in [4.78, 5) is 11.8. The van der Waals surface area contributed by atoms with Crippen molar-refractivity contribution < 1.29 is 0 Å². The number of aryl methyl sites for hydroxylation is 1. The molecule has 0 saturated carbocycles. The number of nitrogens with one attached hydrogen (secondary N) is 1. The molecule has 1 aromatic heterocycles. The van der Waals surface area contributed by atoms with Crippen LogP contribution in [0.2, 0.25) is 0 Å². The molecular formula is C17H30N4. The topological polar surface area (TPSA) is 41.0 Å². The molecule has 0 amide bonds. The van der Waals surface area contributed by atoms with Gasteiger partial charge in [0.15, 0.2) is 0 Å².